The van der Waals surface area contributed by atoms with Crippen LogP contribution in [0.15, 0.2) is 71.3 Å². The number of aromatic amines is 1. The van der Waals surface area contributed by atoms with Gasteiger partial charge in [0.2, 0.25) is 5.91 Å². The number of nitrogens with zero attached hydrogens (tertiary/aromatic N) is 2. The Balaban J connectivity index is 1.38. The molecule has 1 amide bonds. The Kier molecular flexibility index (Phi) is 4.57. The second kappa shape index (κ2) is 7.33. The lowest BCUT2D eigenvalue weighted by atomic mass is 10.2. The zero-order valence-electron chi connectivity index (χ0n) is 13.8. The number of carbonyl (C=O) groups is 1. The smallest absolute Gasteiger partial charge is 0.246 e. The highest BCUT2D eigenvalue weighted by molar-refractivity contribution is 7.13. The van der Waals surface area contributed by atoms with Gasteiger partial charge in [-0.05, 0) is 6.07 Å². The van der Waals surface area contributed by atoms with Gasteiger partial charge in [0.1, 0.15) is 5.01 Å². The van der Waals surface area contributed by atoms with Crippen molar-refractivity contribution < 1.29 is 4.79 Å². The van der Waals surface area contributed by atoms with Crippen molar-refractivity contribution >= 4 is 34.4 Å². The summed E-state index contributed by atoms with van der Waals surface area (Å²) in [6.07, 6.45) is 3.72. The number of carbonyl (C=O) groups excluding carboxylic acids is 1. The number of para-hydroxylation sites is 1. The van der Waals surface area contributed by atoms with Gasteiger partial charge in [0, 0.05) is 33.6 Å². The molecule has 0 spiro atoms. The van der Waals surface area contributed by atoms with Crippen molar-refractivity contribution in [2.24, 2.45) is 5.10 Å². The average molecular weight is 360 g/mol. The third-order valence-electron chi connectivity index (χ3n) is 3.93. The van der Waals surface area contributed by atoms with Crippen molar-refractivity contribution in [3.8, 4) is 10.6 Å². The number of benzene rings is 2. The predicted octanol–water partition coefficient (Wildman–Crippen LogP) is 3.98. The summed E-state index contributed by atoms with van der Waals surface area (Å²) in [7, 11) is 0. The maximum absolute atomic E-state index is 12.1. The van der Waals surface area contributed by atoms with Gasteiger partial charge in [-0.15, -0.1) is 11.3 Å². The molecule has 0 saturated carbocycles. The first kappa shape index (κ1) is 16.2. The molecule has 5 nitrogen and oxygen atoms in total. The van der Waals surface area contributed by atoms with Crippen LogP contribution in [0.3, 0.4) is 0 Å². The Hall–Kier alpha value is -3.25. The van der Waals surface area contributed by atoms with E-state index in [9.17, 15) is 4.79 Å². The van der Waals surface area contributed by atoms with Crippen LogP contribution >= 0.6 is 11.3 Å². The van der Waals surface area contributed by atoms with Crippen molar-refractivity contribution in [3.63, 3.8) is 0 Å². The number of H-pyrrole nitrogens is 1. The molecule has 2 N–H and O–H groups in total. The summed E-state index contributed by atoms with van der Waals surface area (Å²) in [5.74, 6) is -0.189. The van der Waals surface area contributed by atoms with E-state index in [0.29, 0.717) is 0 Å². The Labute approximate surface area is 154 Å². The molecule has 4 aromatic rings. The van der Waals surface area contributed by atoms with E-state index in [1.54, 1.807) is 6.21 Å². The number of hydrazone groups is 1. The van der Waals surface area contributed by atoms with Crippen LogP contribution < -0.4 is 5.43 Å². The maximum atomic E-state index is 12.1. The maximum Gasteiger partial charge on any atom is 0.246 e. The lowest BCUT2D eigenvalue weighted by molar-refractivity contribution is -0.120. The molecule has 0 aliphatic carbocycles. The van der Waals surface area contributed by atoms with E-state index in [1.807, 2.05) is 66.2 Å². The van der Waals surface area contributed by atoms with Gasteiger partial charge < -0.3 is 4.98 Å². The number of hydrogen-bond acceptors (Lipinski definition) is 4. The van der Waals surface area contributed by atoms with Gasteiger partial charge in [0.25, 0.3) is 0 Å². The van der Waals surface area contributed by atoms with E-state index < -0.39 is 0 Å². The molecule has 128 valence electrons. The molecule has 6 heteroatoms. The quantitative estimate of drug-likeness (QED) is 0.417. The summed E-state index contributed by atoms with van der Waals surface area (Å²) in [6.45, 7) is 0. The summed E-state index contributed by atoms with van der Waals surface area (Å²) in [5.41, 5.74) is 6.34. The van der Waals surface area contributed by atoms with Gasteiger partial charge in [-0.1, -0.05) is 48.5 Å². The number of thiazole rings is 1. The van der Waals surface area contributed by atoms with Gasteiger partial charge in [-0.2, -0.15) is 5.10 Å². The molecule has 0 bridgehead atoms. The topological polar surface area (TPSA) is 70.1 Å². The normalized spacial score (nSPS) is 11.2. The van der Waals surface area contributed by atoms with Crippen LogP contribution in [0, 0.1) is 0 Å². The summed E-state index contributed by atoms with van der Waals surface area (Å²) in [4.78, 5) is 19.8. The van der Waals surface area contributed by atoms with Gasteiger partial charge in [0.05, 0.1) is 18.3 Å². The second-order valence-corrected chi connectivity index (χ2v) is 6.63. The van der Waals surface area contributed by atoms with E-state index in [4.69, 9.17) is 0 Å². The van der Waals surface area contributed by atoms with E-state index in [1.165, 1.54) is 11.3 Å². The van der Waals surface area contributed by atoms with Crippen LogP contribution in [0.2, 0.25) is 0 Å². The van der Waals surface area contributed by atoms with E-state index in [2.05, 4.69) is 20.5 Å². The zero-order chi connectivity index (χ0) is 17.8. The molecule has 0 unspecified atom stereocenters. The molecule has 4 rings (SSSR count). The number of nitrogens with one attached hydrogen (secondary N) is 2. The minimum Gasteiger partial charge on any atom is -0.361 e. The van der Waals surface area contributed by atoms with Crippen LogP contribution in [0.25, 0.3) is 21.5 Å². The standard InChI is InChI=1S/C20H16N4OS/c25-19(10-16-13-26-20(23-16)14-6-2-1-3-7-14)24-22-12-15-11-21-18-9-5-4-8-17(15)18/h1-9,11-13,21H,10H2,(H,24,25). The van der Waals surface area contributed by atoms with E-state index in [-0.39, 0.29) is 12.3 Å². The SMILES string of the molecule is O=C(Cc1csc(-c2ccccc2)n1)NN=Cc1c[nH]c2ccccc12. The molecular weight excluding hydrogens is 344 g/mol. The molecule has 2 heterocycles. The van der Waals surface area contributed by atoms with Crippen molar-refractivity contribution in [3.05, 3.63) is 77.4 Å². The monoisotopic (exact) mass is 360 g/mol. The minimum absolute atomic E-state index is 0.189. The molecule has 0 aliphatic heterocycles. The Morgan fingerprint density at radius 3 is 2.85 bits per heavy atom. The fraction of sp³-hybridized carbons (Fsp3) is 0.0500. The molecule has 26 heavy (non-hydrogen) atoms. The van der Waals surface area contributed by atoms with Gasteiger partial charge in [-0.25, -0.2) is 10.4 Å². The van der Waals surface area contributed by atoms with Crippen molar-refractivity contribution in [2.45, 2.75) is 6.42 Å². The zero-order valence-corrected chi connectivity index (χ0v) is 14.7. The first-order chi connectivity index (χ1) is 12.8. The molecule has 0 saturated heterocycles. The molecule has 0 atom stereocenters. The van der Waals surface area contributed by atoms with Crippen LogP contribution in [0.1, 0.15) is 11.3 Å². The number of amides is 1. The van der Waals surface area contributed by atoms with Crippen molar-refractivity contribution in [1.29, 1.82) is 0 Å². The number of hydrogen-bond donors (Lipinski definition) is 2. The predicted molar refractivity (Wildman–Crippen MR) is 105 cm³/mol. The van der Waals surface area contributed by atoms with E-state index in [0.717, 1.165) is 32.7 Å². The highest BCUT2D eigenvalue weighted by atomic mass is 32.1. The molecule has 2 aromatic carbocycles. The molecular formula is C20H16N4OS. The Morgan fingerprint density at radius 2 is 1.96 bits per heavy atom. The first-order valence-electron chi connectivity index (χ1n) is 8.17. The summed E-state index contributed by atoms with van der Waals surface area (Å²) in [5, 5.41) is 7.94. The second-order valence-electron chi connectivity index (χ2n) is 5.77. The molecule has 0 radical (unpaired) electrons. The summed E-state index contributed by atoms with van der Waals surface area (Å²) >= 11 is 1.53. The average Bonchev–Trinajstić information content (AvgIpc) is 3.30. The van der Waals surface area contributed by atoms with Crippen LogP contribution in [-0.4, -0.2) is 22.1 Å². The number of rotatable bonds is 5. The minimum atomic E-state index is -0.189. The highest BCUT2D eigenvalue weighted by Crippen LogP contribution is 2.23. The van der Waals surface area contributed by atoms with Gasteiger partial charge in [0.15, 0.2) is 0 Å². The fourth-order valence-electron chi connectivity index (χ4n) is 2.68. The first-order valence-corrected chi connectivity index (χ1v) is 9.05. The van der Waals surface area contributed by atoms with Gasteiger partial charge in [-0.3, -0.25) is 4.79 Å². The number of fused-ring (bicyclic) bond motifs is 1. The molecule has 2 aromatic heterocycles. The van der Waals surface area contributed by atoms with Crippen molar-refractivity contribution in [2.75, 3.05) is 0 Å². The number of aromatic nitrogens is 2. The lowest BCUT2D eigenvalue weighted by Gasteiger charge is -1.97. The summed E-state index contributed by atoms with van der Waals surface area (Å²) in [6, 6.07) is 17.9. The molecule has 0 fully saturated rings. The third kappa shape index (κ3) is 3.55. The highest BCUT2D eigenvalue weighted by Gasteiger charge is 2.08. The van der Waals surface area contributed by atoms with E-state index >= 15 is 0 Å². The Morgan fingerprint density at radius 1 is 1.15 bits per heavy atom. The lowest BCUT2D eigenvalue weighted by Crippen LogP contribution is -2.19. The largest absolute Gasteiger partial charge is 0.361 e. The van der Waals surface area contributed by atoms with Crippen LogP contribution in [0.4, 0.5) is 0 Å². The van der Waals surface area contributed by atoms with Crippen LogP contribution in [0.5, 0.6) is 0 Å². The third-order valence-corrected chi connectivity index (χ3v) is 4.87. The fourth-order valence-corrected chi connectivity index (χ4v) is 3.51. The van der Waals surface area contributed by atoms with Crippen molar-refractivity contribution in [1.82, 2.24) is 15.4 Å². The van der Waals surface area contributed by atoms with Gasteiger partial charge >= 0.3 is 0 Å². The van der Waals surface area contributed by atoms with Crippen LogP contribution in [-0.2, 0) is 11.2 Å². The summed E-state index contributed by atoms with van der Waals surface area (Å²) < 4.78 is 0. The Bertz CT molecular complexity index is 1070. The molecule has 0 aliphatic rings.